The van der Waals surface area contributed by atoms with Crippen LogP contribution in [0.1, 0.15) is 18.9 Å². The first-order chi connectivity index (χ1) is 8.79. The highest BCUT2D eigenvalue weighted by atomic mass is 32.2. The van der Waals surface area contributed by atoms with Crippen molar-refractivity contribution in [3.63, 3.8) is 0 Å². The standard InChI is InChI=1S/C15H24N2S/c1-13-12-17(9-10-18-13)15(11-16)8-7-14-5-3-2-4-6-14/h2-6,13,15H,7-12,16H2,1H3. The van der Waals surface area contributed by atoms with Gasteiger partial charge >= 0.3 is 0 Å². The molecular formula is C15H24N2S. The molecule has 2 unspecified atom stereocenters. The smallest absolute Gasteiger partial charge is 0.0222 e. The van der Waals surface area contributed by atoms with E-state index in [1.165, 1.54) is 30.8 Å². The molecule has 1 aliphatic heterocycles. The lowest BCUT2D eigenvalue weighted by Gasteiger charge is -2.36. The van der Waals surface area contributed by atoms with Crippen molar-refractivity contribution in [1.29, 1.82) is 0 Å². The normalized spacial score (nSPS) is 22.9. The van der Waals surface area contributed by atoms with E-state index in [4.69, 9.17) is 5.73 Å². The molecule has 2 atom stereocenters. The Kier molecular flexibility index (Phi) is 5.54. The highest BCUT2D eigenvalue weighted by Crippen LogP contribution is 2.21. The molecule has 0 spiro atoms. The Labute approximate surface area is 115 Å². The Hall–Kier alpha value is -0.510. The Morgan fingerprint density at radius 1 is 1.39 bits per heavy atom. The molecule has 0 amide bonds. The third kappa shape index (κ3) is 4.01. The van der Waals surface area contributed by atoms with Gasteiger partial charge in [0.2, 0.25) is 0 Å². The van der Waals surface area contributed by atoms with Gasteiger partial charge in [0.25, 0.3) is 0 Å². The van der Waals surface area contributed by atoms with Crippen LogP contribution in [0.5, 0.6) is 0 Å². The lowest BCUT2D eigenvalue weighted by Crippen LogP contribution is -2.47. The molecule has 1 heterocycles. The molecule has 3 heteroatoms. The summed E-state index contributed by atoms with van der Waals surface area (Å²) < 4.78 is 0. The van der Waals surface area contributed by atoms with Gasteiger partial charge in [-0.3, -0.25) is 4.90 Å². The van der Waals surface area contributed by atoms with Crippen LogP contribution in [-0.4, -0.2) is 41.6 Å². The molecule has 1 fully saturated rings. The number of hydrogen-bond donors (Lipinski definition) is 1. The minimum Gasteiger partial charge on any atom is -0.329 e. The summed E-state index contributed by atoms with van der Waals surface area (Å²) in [6.45, 7) is 5.50. The van der Waals surface area contributed by atoms with Crippen molar-refractivity contribution in [1.82, 2.24) is 4.90 Å². The quantitative estimate of drug-likeness (QED) is 0.885. The van der Waals surface area contributed by atoms with E-state index in [9.17, 15) is 0 Å². The lowest BCUT2D eigenvalue weighted by molar-refractivity contribution is 0.199. The average molecular weight is 264 g/mol. The fourth-order valence-corrected chi connectivity index (χ4v) is 3.64. The van der Waals surface area contributed by atoms with Gasteiger partial charge in [-0.1, -0.05) is 37.3 Å². The number of benzene rings is 1. The molecule has 1 aliphatic rings. The average Bonchev–Trinajstić information content (AvgIpc) is 2.41. The van der Waals surface area contributed by atoms with Gasteiger partial charge < -0.3 is 5.73 Å². The van der Waals surface area contributed by atoms with Crippen molar-refractivity contribution in [3.8, 4) is 0 Å². The summed E-state index contributed by atoms with van der Waals surface area (Å²) in [5, 5.41) is 0.754. The fourth-order valence-electron chi connectivity index (χ4n) is 2.60. The van der Waals surface area contributed by atoms with Crippen LogP contribution in [0.2, 0.25) is 0 Å². The largest absolute Gasteiger partial charge is 0.329 e. The van der Waals surface area contributed by atoms with Crippen LogP contribution in [0, 0.1) is 0 Å². The molecule has 2 nitrogen and oxygen atoms in total. The second kappa shape index (κ2) is 7.17. The first-order valence-electron chi connectivity index (χ1n) is 6.89. The molecule has 0 radical (unpaired) electrons. The summed E-state index contributed by atoms with van der Waals surface area (Å²) in [7, 11) is 0. The van der Waals surface area contributed by atoms with Crippen LogP contribution in [0.25, 0.3) is 0 Å². The second-order valence-corrected chi connectivity index (χ2v) is 6.64. The van der Waals surface area contributed by atoms with Gasteiger partial charge in [-0.25, -0.2) is 0 Å². The zero-order valence-electron chi connectivity index (χ0n) is 11.2. The summed E-state index contributed by atoms with van der Waals surface area (Å²) in [5.74, 6) is 1.25. The maximum Gasteiger partial charge on any atom is 0.0222 e. The number of rotatable bonds is 5. The van der Waals surface area contributed by atoms with E-state index >= 15 is 0 Å². The number of nitrogens with zero attached hydrogens (tertiary/aromatic N) is 1. The van der Waals surface area contributed by atoms with Crippen molar-refractivity contribution in [3.05, 3.63) is 35.9 Å². The summed E-state index contributed by atoms with van der Waals surface area (Å²) in [6, 6.07) is 11.3. The van der Waals surface area contributed by atoms with Crippen molar-refractivity contribution in [2.24, 2.45) is 5.73 Å². The third-order valence-electron chi connectivity index (χ3n) is 3.67. The highest BCUT2D eigenvalue weighted by molar-refractivity contribution is 7.99. The Balaban J connectivity index is 1.85. The first kappa shape index (κ1) is 13.9. The predicted octanol–water partition coefficient (Wildman–Crippen LogP) is 2.38. The van der Waals surface area contributed by atoms with Gasteiger partial charge in [0, 0.05) is 36.7 Å². The molecule has 0 saturated carbocycles. The zero-order chi connectivity index (χ0) is 12.8. The molecule has 0 aliphatic carbocycles. The molecule has 100 valence electrons. The maximum absolute atomic E-state index is 5.96. The monoisotopic (exact) mass is 264 g/mol. The van der Waals surface area contributed by atoms with Crippen LogP contribution in [0.3, 0.4) is 0 Å². The molecule has 18 heavy (non-hydrogen) atoms. The Morgan fingerprint density at radius 3 is 2.83 bits per heavy atom. The Morgan fingerprint density at radius 2 is 2.17 bits per heavy atom. The third-order valence-corrected chi connectivity index (χ3v) is 4.81. The van der Waals surface area contributed by atoms with E-state index in [-0.39, 0.29) is 0 Å². The SMILES string of the molecule is CC1CN(C(CN)CCc2ccccc2)CCS1. The van der Waals surface area contributed by atoms with E-state index in [0.717, 1.165) is 18.2 Å². The highest BCUT2D eigenvalue weighted by Gasteiger charge is 2.22. The molecular weight excluding hydrogens is 240 g/mol. The van der Waals surface area contributed by atoms with Crippen molar-refractivity contribution < 1.29 is 0 Å². The van der Waals surface area contributed by atoms with Crippen LogP contribution < -0.4 is 5.73 Å². The van der Waals surface area contributed by atoms with Crippen molar-refractivity contribution in [2.75, 3.05) is 25.4 Å². The summed E-state index contributed by atoms with van der Waals surface area (Å²) in [5.41, 5.74) is 7.39. The Bertz CT molecular complexity index is 342. The molecule has 1 saturated heterocycles. The van der Waals surface area contributed by atoms with E-state index in [1.54, 1.807) is 0 Å². The van der Waals surface area contributed by atoms with Crippen LogP contribution >= 0.6 is 11.8 Å². The molecule has 1 aromatic carbocycles. The maximum atomic E-state index is 5.96. The summed E-state index contributed by atoms with van der Waals surface area (Å²) >= 11 is 2.08. The van der Waals surface area contributed by atoms with Gasteiger partial charge in [0.1, 0.15) is 0 Å². The van der Waals surface area contributed by atoms with Crippen molar-refractivity contribution in [2.45, 2.75) is 31.1 Å². The summed E-state index contributed by atoms with van der Waals surface area (Å²) in [6.07, 6.45) is 2.32. The number of nitrogens with two attached hydrogens (primary N) is 1. The summed E-state index contributed by atoms with van der Waals surface area (Å²) in [4.78, 5) is 2.59. The first-order valence-corrected chi connectivity index (χ1v) is 7.94. The topological polar surface area (TPSA) is 29.3 Å². The second-order valence-electron chi connectivity index (χ2n) is 5.09. The van der Waals surface area contributed by atoms with E-state index < -0.39 is 0 Å². The van der Waals surface area contributed by atoms with Gasteiger partial charge in [-0.2, -0.15) is 11.8 Å². The lowest BCUT2D eigenvalue weighted by atomic mass is 10.0. The van der Waals surface area contributed by atoms with Gasteiger partial charge in [0.05, 0.1) is 0 Å². The number of hydrogen-bond acceptors (Lipinski definition) is 3. The van der Waals surface area contributed by atoms with Gasteiger partial charge in [-0.05, 0) is 18.4 Å². The molecule has 0 bridgehead atoms. The van der Waals surface area contributed by atoms with Crippen LogP contribution in [0.4, 0.5) is 0 Å². The van der Waals surface area contributed by atoms with Gasteiger partial charge in [0.15, 0.2) is 0 Å². The minimum absolute atomic E-state index is 0.550. The predicted molar refractivity (Wildman–Crippen MR) is 81.1 cm³/mol. The van der Waals surface area contributed by atoms with E-state index in [0.29, 0.717) is 6.04 Å². The number of thioether (sulfide) groups is 1. The van der Waals surface area contributed by atoms with Gasteiger partial charge in [-0.15, -0.1) is 0 Å². The van der Waals surface area contributed by atoms with Crippen molar-refractivity contribution >= 4 is 11.8 Å². The molecule has 1 aromatic rings. The van der Waals surface area contributed by atoms with E-state index in [1.807, 2.05) is 0 Å². The fraction of sp³-hybridized carbons (Fsp3) is 0.600. The molecule has 0 aromatic heterocycles. The minimum atomic E-state index is 0.550. The molecule has 2 rings (SSSR count). The van der Waals surface area contributed by atoms with Crippen LogP contribution in [-0.2, 0) is 6.42 Å². The van der Waals surface area contributed by atoms with E-state index in [2.05, 4.69) is 53.9 Å². The molecule has 2 N–H and O–H groups in total. The number of aryl methyl sites for hydroxylation is 1. The zero-order valence-corrected chi connectivity index (χ0v) is 12.0. The van der Waals surface area contributed by atoms with Crippen LogP contribution in [0.15, 0.2) is 30.3 Å².